The SMILES string of the molecule is CCCCCCCCCCCOC(=O)C1=C(C(=O)OCCCCCCCCCCC)CC(CC/C=C(\C)CCC=C(C)C)=CC1. The molecule has 0 heterocycles. The van der Waals surface area contributed by atoms with Crippen molar-refractivity contribution >= 4 is 11.9 Å². The summed E-state index contributed by atoms with van der Waals surface area (Å²) in [4.78, 5) is 26.4. The van der Waals surface area contributed by atoms with Gasteiger partial charge < -0.3 is 9.47 Å². The predicted octanol–water partition coefficient (Wildman–Crippen LogP) is 12.6. The number of esters is 2. The third kappa shape index (κ3) is 22.1. The second-order valence-corrected chi connectivity index (χ2v) is 13.5. The molecule has 0 aromatic heterocycles. The van der Waals surface area contributed by atoms with Crippen LogP contribution in [0.15, 0.2) is 46.1 Å². The summed E-state index contributed by atoms with van der Waals surface area (Å²) in [5.74, 6) is -0.668. The summed E-state index contributed by atoms with van der Waals surface area (Å²) < 4.78 is 11.4. The van der Waals surface area contributed by atoms with Gasteiger partial charge in [-0.3, -0.25) is 0 Å². The number of carbonyl (C=O) groups is 2. The molecule has 0 spiro atoms. The van der Waals surface area contributed by atoms with Gasteiger partial charge in [0.2, 0.25) is 0 Å². The van der Waals surface area contributed by atoms with Gasteiger partial charge in [0.1, 0.15) is 0 Å². The van der Waals surface area contributed by atoms with Gasteiger partial charge in [0.15, 0.2) is 0 Å². The summed E-state index contributed by atoms with van der Waals surface area (Å²) in [5.41, 5.74) is 5.00. The van der Waals surface area contributed by atoms with Crippen LogP contribution in [0.2, 0.25) is 0 Å². The van der Waals surface area contributed by atoms with Gasteiger partial charge in [-0.05, 0) is 65.7 Å². The summed E-state index contributed by atoms with van der Waals surface area (Å²) in [6.07, 6.45) is 33.7. The van der Waals surface area contributed by atoms with E-state index in [-0.39, 0.29) is 11.9 Å². The highest BCUT2D eigenvalue weighted by Crippen LogP contribution is 2.30. The number of allylic oxidation sites excluding steroid dienone is 6. The van der Waals surface area contributed by atoms with E-state index >= 15 is 0 Å². The van der Waals surface area contributed by atoms with Crippen molar-refractivity contribution in [1.82, 2.24) is 0 Å². The smallest absolute Gasteiger partial charge is 0.334 e. The van der Waals surface area contributed by atoms with Crippen LogP contribution in [0.25, 0.3) is 0 Å². The van der Waals surface area contributed by atoms with E-state index in [0.717, 1.165) is 51.4 Å². The first-order valence-electron chi connectivity index (χ1n) is 18.9. The van der Waals surface area contributed by atoms with Crippen LogP contribution < -0.4 is 0 Å². The summed E-state index contributed by atoms with van der Waals surface area (Å²) in [7, 11) is 0. The maximum atomic E-state index is 13.3. The van der Waals surface area contributed by atoms with Crippen molar-refractivity contribution in [2.24, 2.45) is 0 Å². The van der Waals surface area contributed by atoms with Crippen LogP contribution in [0, 0.1) is 0 Å². The Balaban J connectivity index is 2.59. The zero-order valence-electron chi connectivity index (χ0n) is 30.2. The molecule has 0 aromatic carbocycles. The van der Waals surface area contributed by atoms with Gasteiger partial charge in [-0.15, -0.1) is 0 Å². The molecule has 0 unspecified atom stereocenters. The van der Waals surface area contributed by atoms with Gasteiger partial charge in [0.25, 0.3) is 0 Å². The molecule has 0 aromatic rings. The number of hydrogen-bond acceptors (Lipinski definition) is 4. The minimum atomic E-state index is -0.338. The van der Waals surface area contributed by atoms with E-state index in [1.54, 1.807) is 0 Å². The standard InChI is InChI=1S/C41H70O4/c1-6-8-10-12-14-16-18-20-22-32-44-40(42)38-31-30-37(29-25-28-36(5)27-24-26-35(3)4)34-39(38)41(43)45-33-23-21-19-17-15-13-11-9-7-2/h26,28,30H,6-25,27,29,31-34H2,1-5H3/b36-28+. The summed E-state index contributed by atoms with van der Waals surface area (Å²) in [6.45, 7) is 11.8. The Bertz CT molecular complexity index is 916. The van der Waals surface area contributed by atoms with Crippen LogP contribution in [0.1, 0.15) is 189 Å². The van der Waals surface area contributed by atoms with Crippen molar-refractivity contribution in [3.63, 3.8) is 0 Å². The topological polar surface area (TPSA) is 52.6 Å². The molecule has 4 heteroatoms. The predicted molar refractivity (Wildman–Crippen MR) is 192 cm³/mol. The highest BCUT2D eigenvalue weighted by Gasteiger charge is 2.26. The second-order valence-electron chi connectivity index (χ2n) is 13.5. The van der Waals surface area contributed by atoms with Crippen LogP contribution in [-0.2, 0) is 19.1 Å². The molecule has 0 saturated carbocycles. The zero-order chi connectivity index (χ0) is 33.0. The van der Waals surface area contributed by atoms with E-state index in [1.165, 1.54) is 107 Å². The summed E-state index contributed by atoms with van der Waals surface area (Å²) in [6, 6.07) is 0. The summed E-state index contributed by atoms with van der Waals surface area (Å²) >= 11 is 0. The van der Waals surface area contributed by atoms with Crippen LogP contribution in [0.5, 0.6) is 0 Å². The first kappa shape index (κ1) is 40.9. The van der Waals surface area contributed by atoms with E-state index in [0.29, 0.717) is 37.2 Å². The first-order chi connectivity index (χ1) is 21.9. The average Bonchev–Trinajstić information content (AvgIpc) is 3.02. The van der Waals surface area contributed by atoms with Crippen molar-refractivity contribution in [3.8, 4) is 0 Å². The number of hydrogen-bond donors (Lipinski definition) is 0. The lowest BCUT2D eigenvalue weighted by atomic mass is 9.89. The van der Waals surface area contributed by atoms with E-state index < -0.39 is 0 Å². The maximum Gasteiger partial charge on any atom is 0.334 e. The lowest BCUT2D eigenvalue weighted by molar-refractivity contribution is -0.142. The minimum Gasteiger partial charge on any atom is -0.462 e. The fourth-order valence-corrected chi connectivity index (χ4v) is 5.89. The maximum absolute atomic E-state index is 13.3. The quantitative estimate of drug-likeness (QED) is 0.0492. The van der Waals surface area contributed by atoms with Gasteiger partial charge in [0.05, 0.1) is 24.4 Å². The van der Waals surface area contributed by atoms with Gasteiger partial charge in [0, 0.05) is 6.42 Å². The van der Waals surface area contributed by atoms with Crippen molar-refractivity contribution in [1.29, 1.82) is 0 Å². The Morgan fingerprint density at radius 2 is 1.09 bits per heavy atom. The highest BCUT2D eigenvalue weighted by molar-refractivity contribution is 6.01. The average molecular weight is 627 g/mol. The van der Waals surface area contributed by atoms with Crippen molar-refractivity contribution in [2.45, 2.75) is 189 Å². The number of unbranched alkanes of at least 4 members (excludes halogenated alkanes) is 16. The van der Waals surface area contributed by atoms with Crippen molar-refractivity contribution < 1.29 is 19.1 Å². The molecule has 0 radical (unpaired) electrons. The van der Waals surface area contributed by atoms with Crippen LogP contribution in [0.4, 0.5) is 0 Å². The van der Waals surface area contributed by atoms with Gasteiger partial charge in [-0.25, -0.2) is 9.59 Å². The second kappa shape index (κ2) is 28.1. The van der Waals surface area contributed by atoms with Crippen LogP contribution >= 0.6 is 0 Å². The molecule has 0 atom stereocenters. The molecule has 1 rings (SSSR count). The van der Waals surface area contributed by atoms with E-state index in [1.807, 2.05) is 0 Å². The summed E-state index contributed by atoms with van der Waals surface area (Å²) in [5, 5.41) is 0. The molecule has 0 fully saturated rings. The first-order valence-corrected chi connectivity index (χ1v) is 18.9. The molecule has 0 amide bonds. The fraction of sp³-hybridized carbons (Fsp3) is 0.756. The van der Waals surface area contributed by atoms with Crippen LogP contribution in [-0.4, -0.2) is 25.2 Å². The largest absolute Gasteiger partial charge is 0.462 e. The Labute approximate surface area is 278 Å². The van der Waals surface area contributed by atoms with E-state index in [4.69, 9.17) is 9.47 Å². The zero-order valence-corrected chi connectivity index (χ0v) is 30.2. The highest BCUT2D eigenvalue weighted by atomic mass is 16.5. The molecule has 4 nitrogen and oxygen atoms in total. The molecule has 0 N–H and O–H groups in total. The lowest BCUT2D eigenvalue weighted by Crippen LogP contribution is -2.20. The lowest BCUT2D eigenvalue weighted by Gasteiger charge is -2.19. The molecule has 258 valence electrons. The van der Waals surface area contributed by atoms with Crippen LogP contribution in [0.3, 0.4) is 0 Å². The third-order valence-electron chi connectivity index (χ3n) is 8.87. The minimum absolute atomic E-state index is 0.330. The molecular formula is C41H70O4. The molecule has 0 aliphatic heterocycles. The van der Waals surface area contributed by atoms with Gasteiger partial charge >= 0.3 is 11.9 Å². The fourth-order valence-electron chi connectivity index (χ4n) is 5.89. The Morgan fingerprint density at radius 3 is 1.58 bits per heavy atom. The van der Waals surface area contributed by atoms with Crippen molar-refractivity contribution in [2.75, 3.05) is 13.2 Å². The van der Waals surface area contributed by atoms with E-state index in [9.17, 15) is 9.59 Å². The molecule has 1 aliphatic carbocycles. The molecule has 0 bridgehead atoms. The van der Waals surface area contributed by atoms with Gasteiger partial charge in [-0.1, -0.05) is 152 Å². The van der Waals surface area contributed by atoms with Gasteiger partial charge in [-0.2, -0.15) is 0 Å². The third-order valence-corrected chi connectivity index (χ3v) is 8.87. The van der Waals surface area contributed by atoms with Crippen molar-refractivity contribution in [3.05, 3.63) is 46.1 Å². The van der Waals surface area contributed by atoms with E-state index in [2.05, 4.69) is 52.8 Å². The number of ether oxygens (including phenoxy) is 2. The Hall–Kier alpha value is -2.10. The normalized spacial score (nSPS) is 13.5. The Kier molecular flexibility index (Phi) is 25.6. The molecular weight excluding hydrogens is 556 g/mol. The number of rotatable bonds is 28. The molecule has 1 aliphatic rings. The number of carbonyl (C=O) groups excluding carboxylic acids is 2. The molecule has 45 heavy (non-hydrogen) atoms. The molecule has 0 saturated heterocycles. The Morgan fingerprint density at radius 1 is 0.622 bits per heavy atom. The monoisotopic (exact) mass is 627 g/mol.